The van der Waals surface area contributed by atoms with Crippen LogP contribution >= 0.6 is 0 Å². The second-order valence-corrected chi connectivity index (χ2v) is 6.66. The number of hydrogen-bond acceptors (Lipinski definition) is 5. The van der Waals surface area contributed by atoms with Gasteiger partial charge in [-0.3, -0.25) is 9.59 Å². The van der Waals surface area contributed by atoms with Gasteiger partial charge in [0.15, 0.2) is 5.78 Å². The zero-order valence-electron chi connectivity index (χ0n) is 14.3. The van der Waals surface area contributed by atoms with E-state index in [0.717, 1.165) is 5.69 Å². The number of methoxy groups -OCH3 is 1. The fourth-order valence-electron chi connectivity index (χ4n) is 3.06. The summed E-state index contributed by atoms with van der Waals surface area (Å²) < 4.78 is 4.69. The summed E-state index contributed by atoms with van der Waals surface area (Å²) in [5.74, 6) is -1.24. The first kappa shape index (κ1) is 17.0. The van der Waals surface area contributed by atoms with Gasteiger partial charge >= 0.3 is 5.97 Å². The van der Waals surface area contributed by atoms with Crippen LogP contribution in [0.2, 0.25) is 0 Å². The van der Waals surface area contributed by atoms with Crippen molar-refractivity contribution in [3.05, 3.63) is 53.6 Å². The largest absolute Gasteiger partial charge is 0.467 e. The van der Waals surface area contributed by atoms with Crippen LogP contribution < -0.4 is 10.6 Å². The highest BCUT2D eigenvalue weighted by atomic mass is 16.5. The Hall–Kier alpha value is -2.89. The molecule has 0 fully saturated rings. The van der Waals surface area contributed by atoms with Crippen molar-refractivity contribution >= 4 is 23.3 Å². The maximum Gasteiger partial charge on any atom is 0.330 e. The molecule has 25 heavy (non-hydrogen) atoms. The van der Waals surface area contributed by atoms with E-state index in [1.807, 2.05) is 18.2 Å². The van der Waals surface area contributed by atoms with Crippen molar-refractivity contribution < 1.29 is 19.1 Å². The molecular weight excluding hydrogens is 320 g/mol. The van der Waals surface area contributed by atoms with Gasteiger partial charge in [-0.1, -0.05) is 24.3 Å². The zero-order valence-corrected chi connectivity index (χ0v) is 14.3. The van der Waals surface area contributed by atoms with Crippen molar-refractivity contribution in [2.24, 2.45) is 5.92 Å². The minimum atomic E-state index is -1.14. The number of ether oxygens (including phenoxy) is 1. The highest BCUT2D eigenvalue weighted by molar-refractivity contribution is 6.07. The van der Waals surface area contributed by atoms with Gasteiger partial charge in [0.2, 0.25) is 0 Å². The van der Waals surface area contributed by atoms with E-state index in [4.69, 9.17) is 4.74 Å². The second kappa shape index (κ2) is 6.20. The molecule has 0 radical (unpaired) electrons. The number of carbonyl (C=O) groups is 3. The molecule has 2 atom stereocenters. The molecule has 0 saturated carbocycles. The van der Waals surface area contributed by atoms with Crippen LogP contribution in [-0.2, 0) is 14.3 Å². The predicted octanol–water partition coefficient (Wildman–Crippen LogP) is 1.84. The Labute approximate surface area is 145 Å². The average molecular weight is 340 g/mol. The highest BCUT2D eigenvalue weighted by Gasteiger charge is 2.36. The molecule has 1 aromatic carbocycles. The standard InChI is InChI=1S/C19H20N2O4/c1-19(2,18(24)25-3)21-17(23)11-8-9-13-15(10-11)20-14-7-5-4-6-12(14)16(13)22/h4-10,13,15,20H,1-3H3,(H,21,23). The number of anilines is 1. The van der Waals surface area contributed by atoms with E-state index in [0.29, 0.717) is 11.1 Å². The molecule has 1 amide bonds. The van der Waals surface area contributed by atoms with E-state index in [-0.39, 0.29) is 17.7 Å². The third-order valence-corrected chi connectivity index (χ3v) is 4.43. The van der Waals surface area contributed by atoms with Crippen LogP contribution in [0.4, 0.5) is 5.69 Å². The average Bonchev–Trinajstić information content (AvgIpc) is 2.60. The molecule has 1 aromatic rings. The lowest BCUT2D eigenvalue weighted by molar-refractivity contribution is -0.148. The van der Waals surface area contributed by atoms with Crippen molar-refractivity contribution in [3.63, 3.8) is 0 Å². The first-order valence-electron chi connectivity index (χ1n) is 8.04. The van der Waals surface area contributed by atoms with Crippen molar-refractivity contribution in [2.75, 3.05) is 12.4 Å². The Morgan fingerprint density at radius 3 is 2.68 bits per heavy atom. The first-order chi connectivity index (χ1) is 11.8. The molecule has 1 aliphatic carbocycles. The smallest absolute Gasteiger partial charge is 0.330 e. The van der Waals surface area contributed by atoms with E-state index < -0.39 is 17.4 Å². The normalized spacial score (nSPS) is 21.4. The Balaban J connectivity index is 1.81. The minimum absolute atomic E-state index is 0.0289. The number of fused-ring (bicyclic) bond motifs is 2. The molecule has 0 spiro atoms. The number of benzene rings is 1. The van der Waals surface area contributed by atoms with Gasteiger partial charge in [-0.15, -0.1) is 0 Å². The van der Waals surface area contributed by atoms with Gasteiger partial charge in [0.25, 0.3) is 5.91 Å². The number of esters is 1. The third-order valence-electron chi connectivity index (χ3n) is 4.43. The first-order valence-corrected chi connectivity index (χ1v) is 8.04. The lowest BCUT2D eigenvalue weighted by Crippen LogP contribution is -2.51. The van der Waals surface area contributed by atoms with Gasteiger partial charge in [-0.05, 0) is 32.1 Å². The number of hydrogen-bond donors (Lipinski definition) is 2. The molecule has 3 rings (SSSR count). The monoisotopic (exact) mass is 340 g/mol. The molecule has 6 heteroatoms. The second-order valence-electron chi connectivity index (χ2n) is 6.66. The summed E-state index contributed by atoms with van der Waals surface area (Å²) in [5.41, 5.74) is 0.675. The Kier molecular flexibility index (Phi) is 4.20. The number of ketones is 1. The molecule has 2 aliphatic rings. The van der Waals surface area contributed by atoms with E-state index >= 15 is 0 Å². The lowest BCUT2D eigenvalue weighted by Gasteiger charge is -2.33. The van der Waals surface area contributed by atoms with E-state index in [1.165, 1.54) is 7.11 Å². The summed E-state index contributed by atoms with van der Waals surface area (Å²) in [6.07, 6.45) is 5.08. The summed E-state index contributed by atoms with van der Waals surface area (Å²) >= 11 is 0. The number of amides is 1. The molecule has 6 nitrogen and oxygen atoms in total. The van der Waals surface area contributed by atoms with Gasteiger partial charge < -0.3 is 15.4 Å². The van der Waals surface area contributed by atoms with Crippen LogP contribution in [-0.4, -0.2) is 36.4 Å². The number of Topliss-reactive ketones (excluding diaryl/α,β-unsaturated/α-hetero) is 1. The Morgan fingerprint density at radius 1 is 1.24 bits per heavy atom. The van der Waals surface area contributed by atoms with Crippen molar-refractivity contribution in [1.82, 2.24) is 5.32 Å². The topological polar surface area (TPSA) is 84.5 Å². The van der Waals surface area contributed by atoms with Crippen LogP contribution in [0, 0.1) is 5.92 Å². The van der Waals surface area contributed by atoms with E-state index in [2.05, 4.69) is 10.6 Å². The molecule has 1 aliphatic heterocycles. The van der Waals surface area contributed by atoms with Crippen LogP contribution in [0.3, 0.4) is 0 Å². The fraction of sp³-hybridized carbons (Fsp3) is 0.316. The van der Waals surface area contributed by atoms with Gasteiger partial charge in [0.05, 0.1) is 19.1 Å². The summed E-state index contributed by atoms with van der Waals surface area (Å²) in [6, 6.07) is 7.02. The molecule has 2 N–H and O–H groups in total. The van der Waals surface area contributed by atoms with Crippen molar-refractivity contribution in [2.45, 2.75) is 25.4 Å². The van der Waals surface area contributed by atoms with Crippen LogP contribution in [0.25, 0.3) is 0 Å². The maximum absolute atomic E-state index is 12.6. The lowest BCUT2D eigenvalue weighted by atomic mass is 9.81. The third kappa shape index (κ3) is 3.07. The van der Waals surface area contributed by atoms with E-state index in [1.54, 1.807) is 38.1 Å². The van der Waals surface area contributed by atoms with Gasteiger partial charge in [0, 0.05) is 16.8 Å². The Bertz CT molecular complexity index is 807. The number of rotatable bonds is 3. The van der Waals surface area contributed by atoms with Gasteiger partial charge in [0.1, 0.15) is 5.54 Å². The molecule has 0 saturated heterocycles. The molecule has 130 valence electrons. The summed E-state index contributed by atoms with van der Waals surface area (Å²) in [4.78, 5) is 36.8. The molecule has 0 bridgehead atoms. The van der Waals surface area contributed by atoms with E-state index in [9.17, 15) is 14.4 Å². The number of nitrogens with one attached hydrogen (secondary N) is 2. The maximum atomic E-state index is 12.6. The van der Waals surface area contributed by atoms with Crippen LogP contribution in [0.5, 0.6) is 0 Å². The molecule has 0 aromatic heterocycles. The number of carbonyl (C=O) groups excluding carboxylic acids is 3. The van der Waals surface area contributed by atoms with Gasteiger partial charge in [-0.2, -0.15) is 0 Å². The fourth-order valence-corrected chi connectivity index (χ4v) is 3.06. The van der Waals surface area contributed by atoms with Gasteiger partial charge in [-0.25, -0.2) is 4.79 Å². The highest BCUT2D eigenvalue weighted by Crippen LogP contribution is 2.32. The van der Waals surface area contributed by atoms with Crippen molar-refractivity contribution in [3.8, 4) is 0 Å². The summed E-state index contributed by atoms with van der Waals surface area (Å²) in [6.45, 7) is 3.15. The van der Waals surface area contributed by atoms with Crippen LogP contribution in [0.1, 0.15) is 24.2 Å². The summed E-state index contributed by atoms with van der Waals surface area (Å²) in [7, 11) is 1.27. The van der Waals surface area contributed by atoms with Crippen LogP contribution in [0.15, 0.2) is 48.1 Å². The van der Waals surface area contributed by atoms with Crippen molar-refractivity contribution in [1.29, 1.82) is 0 Å². The molecule has 1 heterocycles. The predicted molar refractivity (Wildman–Crippen MR) is 93.1 cm³/mol. The minimum Gasteiger partial charge on any atom is -0.467 e. The SMILES string of the molecule is COC(=O)C(C)(C)NC(=O)C1=CC2Nc3ccccc3C(=O)C2C=C1. The zero-order chi connectivity index (χ0) is 18.2. The summed E-state index contributed by atoms with van der Waals surface area (Å²) in [5, 5.41) is 5.95. The Morgan fingerprint density at radius 2 is 1.96 bits per heavy atom. The quantitative estimate of drug-likeness (QED) is 0.820. The number of para-hydroxylation sites is 1. The molecule has 2 unspecified atom stereocenters. The molecular formula is C19H20N2O4.